The van der Waals surface area contributed by atoms with Crippen LogP contribution in [0.25, 0.3) is 0 Å². The van der Waals surface area contributed by atoms with E-state index in [1.807, 2.05) is 16.5 Å². The summed E-state index contributed by atoms with van der Waals surface area (Å²) in [6, 6.07) is 3.45. The average molecular weight is 521 g/mol. The van der Waals surface area contributed by atoms with Crippen molar-refractivity contribution in [1.82, 2.24) is 20.1 Å². The number of rotatable bonds is 6. The van der Waals surface area contributed by atoms with Gasteiger partial charge in [-0.25, -0.2) is 4.98 Å². The number of amides is 1. The van der Waals surface area contributed by atoms with E-state index in [9.17, 15) is 4.79 Å². The second kappa shape index (κ2) is 11.5. The summed E-state index contributed by atoms with van der Waals surface area (Å²) in [5, 5.41) is 5.41. The third-order valence-electron chi connectivity index (χ3n) is 4.05. The predicted molar refractivity (Wildman–Crippen MR) is 120 cm³/mol. The second-order valence-corrected chi connectivity index (χ2v) is 7.97. The molecule has 1 fully saturated rings. The fourth-order valence-electron chi connectivity index (χ4n) is 2.72. The molecule has 0 bridgehead atoms. The van der Waals surface area contributed by atoms with E-state index in [-0.39, 0.29) is 29.9 Å². The van der Waals surface area contributed by atoms with Crippen molar-refractivity contribution in [3.63, 3.8) is 0 Å². The minimum atomic E-state index is -0.0446. The van der Waals surface area contributed by atoms with Crippen molar-refractivity contribution >= 4 is 58.9 Å². The molecule has 0 saturated carbocycles. The average Bonchev–Trinajstić information content (AvgIpc) is 3.38. The maximum Gasteiger partial charge on any atom is 0.289 e. The lowest BCUT2D eigenvalue weighted by atomic mass is 10.3. The third kappa shape index (κ3) is 6.39. The molecule has 1 saturated heterocycles. The minimum Gasteiger partial charge on any atom is -0.459 e. The SMILES string of the molecule is CN=C(NCCCSc1nccs1)N1CCN(C(=O)c2ccco2)CC1.I. The van der Waals surface area contributed by atoms with Crippen molar-refractivity contribution in [2.75, 3.05) is 45.5 Å². The molecule has 27 heavy (non-hydrogen) atoms. The molecule has 0 spiro atoms. The largest absolute Gasteiger partial charge is 0.459 e. The number of hydrogen-bond donors (Lipinski definition) is 1. The molecule has 1 N–H and O–H groups in total. The number of nitrogens with one attached hydrogen (secondary N) is 1. The van der Waals surface area contributed by atoms with Gasteiger partial charge in [0.05, 0.1) is 6.26 Å². The number of carbonyl (C=O) groups excluding carboxylic acids is 1. The molecular weight excluding hydrogens is 497 g/mol. The molecule has 10 heteroatoms. The van der Waals surface area contributed by atoms with Crippen molar-refractivity contribution in [2.24, 2.45) is 4.99 Å². The first-order valence-corrected chi connectivity index (χ1v) is 10.4. The van der Waals surface area contributed by atoms with Gasteiger partial charge in [0, 0.05) is 57.1 Å². The first-order valence-electron chi connectivity index (χ1n) is 8.58. The molecule has 0 radical (unpaired) electrons. The number of nitrogens with zero attached hydrogens (tertiary/aromatic N) is 4. The third-order valence-corrected chi connectivity index (χ3v) is 6.10. The second-order valence-electron chi connectivity index (χ2n) is 5.73. The number of carbonyl (C=O) groups is 1. The number of aromatic nitrogens is 1. The summed E-state index contributed by atoms with van der Waals surface area (Å²) in [6.07, 6.45) is 4.41. The molecule has 1 aliphatic rings. The van der Waals surface area contributed by atoms with E-state index >= 15 is 0 Å². The standard InChI is InChI=1S/C17H23N5O2S2.HI/c1-18-16(19-5-3-12-25-17-20-6-13-26-17)22-9-7-21(8-10-22)15(23)14-4-2-11-24-14;/h2,4,6,11,13H,3,5,7-10,12H2,1H3,(H,18,19);1H. The van der Waals surface area contributed by atoms with Gasteiger partial charge in [-0.3, -0.25) is 9.79 Å². The van der Waals surface area contributed by atoms with Crippen LogP contribution >= 0.6 is 47.1 Å². The number of hydrogen-bond acceptors (Lipinski definition) is 6. The monoisotopic (exact) mass is 521 g/mol. The van der Waals surface area contributed by atoms with Crippen LogP contribution in [0.3, 0.4) is 0 Å². The van der Waals surface area contributed by atoms with Crippen LogP contribution in [0.15, 0.2) is 43.7 Å². The highest BCUT2D eigenvalue weighted by Gasteiger charge is 2.24. The van der Waals surface area contributed by atoms with E-state index in [0.29, 0.717) is 18.8 Å². The summed E-state index contributed by atoms with van der Waals surface area (Å²) in [5.74, 6) is 2.29. The zero-order valence-corrected chi connectivity index (χ0v) is 19.1. The number of aliphatic imine (C=N–C) groups is 1. The highest BCUT2D eigenvalue weighted by atomic mass is 127. The summed E-state index contributed by atoms with van der Waals surface area (Å²) in [7, 11) is 1.80. The molecule has 7 nitrogen and oxygen atoms in total. The van der Waals surface area contributed by atoms with Gasteiger partial charge in [-0.15, -0.1) is 35.3 Å². The van der Waals surface area contributed by atoms with Gasteiger partial charge in [0.1, 0.15) is 4.34 Å². The van der Waals surface area contributed by atoms with Gasteiger partial charge in [-0.1, -0.05) is 11.8 Å². The first kappa shape index (κ1) is 22.0. The van der Waals surface area contributed by atoms with Gasteiger partial charge in [-0.05, 0) is 18.6 Å². The first-order chi connectivity index (χ1) is 12.8. The van der Waals surface area contributed by atoms with Crippen molar-refractivity contribution < 1.29 is 9.21 Å². The Morgan fingerprint density at radius 2 is 2.15 bits per heavy atom. The zero-order valence-electron chi connectivity index (χ0n) is 15.2. The molecular formula is C17H24IN5O2S2. The lowest BCUT2D eigenvalue weighted by Crippen LogP contribution is -2.53. The van der Waals surface area contributed by atoms with E-state index in [1.165, 1.54) is 6.26 Å². The minimum absolute atomic E-state index is 0. The van der Waals surface area contributed by atoms with Crippen LogP contribution in [0.4, 0.5) is 0 Å². The van der Waals surface area contributed by atoms with E-state index in [1.54, 1.807) is 42.3 Å². The Bertz CT molecular complexity index is 701. The van der Waals surface area contributed by atoms with E-state index in [2.05, 4.69) is 20.2 Å². The van der Waals surface area contributed by atoms with Crippen LogP contribution in [0.2, 0.25) is 0 Å². The van der Waals surface area contributed by atoms with Gasteiger partial charge in [0.15, 0.2) is 11.7 Å². The Morgan fingerprint density at radius 3 is 2.78 bits per heavy atom. The molecule has 0 atom stereocenters. The Kier molecular flexibility index (Phi) is 9.42. The zero-order chi connectivity index (χ0) is 18.2. The Labute approximate surface area is 184 Å². The number of thioether (sulfide) groups is 1. The van der Waals surface area contributed by atoms with Crippen LogP contribution in [-0.2, 0) is 0 Å². The smallest absolute Gasteiger partial charge is 0.289 e. The summed E-state index contributed by atoms with van der Waals surface area (Å²) in [5.41, 5.74) is 0. The Hall–Kier alpha value is -1.27. The quantitative estimate of drug-likeness (QED) is 0.207. The van der Waals surface area contributed by atoms with Crippen LogP contribution < -0.4 is 5.32 Å². The maximum absolute atomic E-state index is 12.3. The van der Waals surface area contributed by atoms with Gasteiger partial charge >= 0.3 is 0 Å². The van der Waals surface area contributed by atoms with Gasteiger partial charge in [0.2, 0.25) is 0 Å². The highest BCUT2D eigenvalue weighted by Crippen LogP contribution is 2.20. The highest BCUT2D eigenvalue weighted by molar-refractivity contribution is 14.0. The molecule has 1 amide bonds. The van der Waals surface area contributed by atoms with Crippen LogP contribution in [0.1, 0.15) is 17.0 Å². The number of halogens is 1. The molecule has 3 rings (SSSR count). The molecule has 2 aromatic rings. The summed E-state index contributed by atoms with van der Waals surface area (Å²) < 4.78 is 6.32. The van der Waals surface area contributed by atoms with Gasteiger partial charge < -0.3 is 19.5 Å². The van der Waals surface area contributed by atoms with Crippen molar-refractivity contribution in [3.05, 3.63) is 35.7 Å². The van der Waals surface area contributed by atoms with Crippen LogP contribution in [0, 0.1) is 0 Å². The van der Waals surface area contributed by atoms with E-state index < -0.39 is 0 Å². The summed E-state index contributed by atoms with van der Waals surface area (Å²) >= 11 is 3.46. The topological polar surface area (TPSA) is 74.0 Å². The van der Waals surface area contributed by atoms with E-state index in [0.717, 1.165) is 42.1 Å². The van der Waals surface area contributed by atoms with Crippen molar-refractivity contribution in [1.29, 1.82) is 0 Å². The number of thiazole rings is 1. The fraction of sp³-hybridized carbons (Fsp3) is 0.471. The number of furan rings is 1. The molecule has 1 aliphatic heterocycles. The number of guanidine groups is 1. The van der Waals surface area contributed by atoms with Crippen molar-refractivity contribution in [2.45, 2.75) is 10.8 Å². The fourth-order valence-corrected chi connectivity index (χ4v) is 4.37. The molecule has 0 aliphatic carbocycles. The number of piperazine rings is 1. The Morgan fingerprint density at radius 1 is 1.37 bits per heavy atom. The normalized spacial score (nSPS) is 14.8. The van der Waals surface area contributed by atoms with Gasteiger partial charge in [-0.2, -0.15) is 0 Å². The maximum atomic E-state index is 12.3. The van der Waals surface area contributed by atoms with Gasteiger partial charge in [0.25, 0.3) is 5.91 Å². The molecule has 3 heterocycles. The summed E-state index contributed by atoms with van der Waals surface area (Å²) in [6.45, 7) is 3.73. The van der Waals surface area contributed by atoms with Crippen LogP contribution in [0.5, 0.6) is 0 Å². The van der Waals surface area contributed by atoms with E-state index in [4.69, 9.17) is 4.42 Å². The predicted octanol–water partition coefficient (Wildman–Crippen LogP) is 2.87. The molecule has 0 unspecified atom stereocenters. The lowest BCUT2D eigenvalue weighted by Gasteiger charge is -2.36. The van der Waals surface area contributed by atoms with Crippen LogP contribution in [-0.4, -0.2) is 72.2 Å². The molecule has 2 aromatic heterocycles. The Balaban J connectivity index is 0.00000261. The lowest BCUT2D eigenvalue weighted by molar-refractivity contribution is 0.0658. The molecule has 148 valence electrons. The summed E-state index contributed by atoms with van der Waals surface area (Å²) in [4.78, 5) is 25.0. The van der Waals surface area contributed by atoms with Crippen molar-refractivity contribution in [3.8, 4) is 0 Å². The molecule has 0 aromatic carbocycles.